The van der Waals surface area contributed by atoms with Crippen LogP contribution in [0.25, 0.3) is 11.0 Å². The third-order valence-corrected chi connectivity index (χ3v) is 3.70. The Morgan fingerprint density at radius 1 is 1.22 bits per heavy atom. The Balaban J connectivity index is 1.79. The van der Waals surface area contributed by atoms with Crippen LogP contribution in [0.3, 0.4) is 0 Å². The molecule has 1 aliphatic rings. The van der Waals surface area contributed by atoms with Gasteiger partial charge < -0.3 is 14.9 Å². The van der Waals surface area contributed by atoms with Crippen molar-refractivity contribution in [2.45, 2.75) is 19.9 Å². The Morgan fingerprint density at radius 3 is 2.87 bits per heavy atom. The van der Waals surface area contributed by atoms with Crippen molar-refractivity contribution >= 4 is 11.0 Å². The number of phenolic OH excluding ortho intramolecular Hbond substituents is 1. The first kappa shape index (κ1) is 15.2. The highest BCUT2D eigenvalue weighted by molar-refractivity contribution is 5.79. The van der Waals surface area contributed by atoms with E-state index in [4.69, 9.17) is 4.42 Å². The molecule has 0 amide bonds. The molecule has 2 aromatic rings. The van der Waals surface area contributed by atoms with Crippen LogP contribution in [0.5, 0.6) is 5.75 Å². The minimum atomic E-state index is -0.0417. The Kier molecular flexibility index (Phi) is 4.35. The molecule has 118 valence electrons. The summed E-state index contributed by atoms with van der Waals surface area (Å²) in [7, 11) is 0. The fraction of sp³-hybridized carbons (Fsp3) is 0.158. The molecule has 1 aromatic carbocycles. The maximum absolute atomic E-state index is 9.52. The maximum atomic E-state index is 9.52. The van der Waals surface area contributed by atoms with Crippen molar-refractivity contribution in [3.63, 3.8) is 0 Å². The molecule has 0 saturated carbocycles. The van der Waals surface area contributed by atoms with E-state index >= 15 is 0 Å². The van der Waals surface area contributed by atoms with E-state index in [1.165, 1.54) is 0 Å². The van der Waals surface area contributed by atoms with Crippen LogP contribution in [-0.2, 0) is 0 Å². The zero-order valence-corrected chi connectivity index (χ0v) is 13.2. The summed E-state index contributed by atoms with van der Waals surface area (Å²) in [4.78, 5) is 0. The zero-order valence-electron chi connectivity index (χ0n) is 13.2. The molecule has 4 heteroatoms. The van der Waals surface area contributed by atoms with Crippen molar-refractivity contribution < 1.29 is 9.52 Å². The quantitative estimate of drug-likeness (QED) is 0.739. The molecule has 0 radical (unpaired) electrons. The van der Waals surface area contributed by atoms with Gasteiger partial charge in [0.25, 0.3) is 0 Å². The molecular weight excluding hydrogens is 288 g/mol. The van der Waals surface area contributed by atoms with Crippen LogP contribution in [0.2, 0.25) is 0 Å². The molecule has 0 bridgehead atoms. The molecular formula is C19H20N2O2. The van der Waals surface area contributed by atoms with Crippen molar-refractivity contribution in [2.75, 3.05) is 0 Å². The van der Waals surface area contributed by atoms with Crippen LogP contribution >= 0.6 is 0 Å². The second-order valence-electron chi connectivity index (χ2n) is 5.36. The standard InChI is InChI=1S/C19H20N2O2/c1-3-5-13(4-2)6-8-15-11-17(21-20-15)19-10-14-7-9-16(22)12-18(14)23-19/h3-12,17,20-22H,1-2H3/b5-3-,8-6+,13-4+. The lowest BCUT2D eigenvalue weighted by molar-refractivity contribution is 0.464. The second kappa shape index (κ2) is 6.58. The summed E-state index contributed by atoms with van der Waals surface area (Å²) in [5, 5.41) is 10.5. The van der Waals surface area contributed by atoms with Gasteiger partial charge in [-0.25, -0.2) is 5.43 Å². The minimum absolute atomic E-state index is 0.0417. The van der Waals surface area contributed by atoms with E-state index < -0.39 is 0 Å². The van der Waals surface area contributed by atoms with Crippen molar-refractivity contribution in [3.05, 3.63) is 77.8 Å². The van der Waals surface area contributed by atoms with Gasteiger partial charge in [0.15, 0.2) is 0 Å². The molecule has 0 spiro atoms. The van der Waals surface area contributed by atoms with E-state index in [1.54, 1.807) is 12.1 Å². The van der Waals surface area contributed by atoms with Gasteiger partial charge in [0.2, 0.25) is 0 Å². The second-order valence-corrected chi connectivity index (χ2v) is 5.36. The lowest BCUT2D eigenvalue weighted by Gasteiger charge is -2.04. The first-order valence-electron chi connectivity index (χ1n) is 7.62. The Morgan fingerprint density at radius 2 is 2.09 bits per heavy atom. The summed E-state index contributed by atoms with van der Waals surface area (Å²) < 4.78 is 5.81. The number of allylic oxidation sites excluding steroid dienone is 6. The minimum Gasteiger partial charge on any atom is -0.508 e. The van der Waals surface area contributed by atoms with Crippen LogP contribution in [0.15, 0.2) is 76.4 Å². The van der Waals surface area contributed by atoms with Crippen molar-refractivity contribution in [2.24, 2.45) is 0 Å². The number of aromatic hydroxyl groups is 1. The van der Waals surface area contributed by atoms with Gasteiger partial charge in [0.05, 0.1) is 0 Å². The highest BCUT2D eigenvalue weighted by Crippen LogP contribution is 2.29. The lowest BCUT2D eigenvalue weighted by atomic mass is 10.1. The van der Waals surface area contributed by atoms with Gasteiger partial charge in [0.1, 0.15) is 23.1 Å². The van der Waals surface area contributed by atoms with Gasteiger partial charge >= 0.3 is 0 Å². The molecule has 3 N–H and O–H groups in total. The summed E-state index contributed by atoms with van der Waals surface area (Å²) in [6.45, 7) is 4.02. The van der Waals surface area contributed by atoms with Gasteiger partial charge in [-0.15, -0.1) is 0 Å². The van der Waals surface area contributed by atoms with Crippen LogP contribution in [0, 0.1) is 0 Å². The van der Waals surface area contributed by atoms with Gasteiger partial charge in [-0.2, -0.15) is 0 Å². The van der Waals surface area contributed by atoms with Gasteiger partial charge in [-0.1, -0.05) is 24.3 Å². The number of benzene rings is 1. The average Bonchev–Trinajstić information content (AvgIpc) is 3.17. The number of phenols is 1. The number of nitrogens with one attached hydrogen (secondary N) is 2. The van der Waals surface area contributed by atoms with Crippen LogP contribution < -0.4 is 10.9 Å². The first-order valence-corrected chi connectivity index (χ1v) is 7.62. The molecule has 23 heavy (non-hydrogen) atoms. The van der Waals surface area contributed by atoms with Gasteiger partial charge in [0, 0.05) is 17.1 Å². The molecule has 1 unspecified atom stereocenters. The molecule has 3 rings (SSSR count). The molecule has 2 heterocycles. The van der Waals surface area contributed by atoms with Crippen molar-refractivity contribution in [1.82, 2.24) is 10.9 Å². The van der Waals surface area contributed by atoms with Crippen LogP contribution in [0.4, 0.5) is 0 Å². The molecule has 0 aliphatic carbocycles. The van der Waals surface area contributed by atoms with Crippen molar-refractivity contribution in [1.29, 1.82) is 0 Å². The van der Waals surface area contributed by atoms with Crippen LogP contribution in [-0.4, -0.2) is 5.11 Å². The fourth-order valence-electron chi connectivity index (χ4n) is 2.49. The topological polar surface area (TPSA) is 57.4 Å². The summed E-state index contributed by atoms with van der Waals surface area (Å²) in [5.41, 5.74) is 9.15. The molecule has 0 saturated heterocycles. The molecule has 1 aliphatic heterocycles. The number of rotatable bonds is 4. The highest BCUT2D eigenvalue weighted by atomic mass is 16.3. The molecule has 4 nitrogen and oxygen atoms in total. The number of hydrazine groups is 1. The van der Waals surface area contributed by atoms with Crippen LogP contribution in [0.1, 0.15) is 25.6 Å². The normalized spacial score (nSPS) is 19.0. The molecule has 1 aromatic heterocycles. The van der Waals surface area contributed by atoms with E-state index in [2.05, 4.69) is 35.2 Å². The van der Waals surface area contributed by atoms with Crippen molar-refractivity contribution in [3.8, 4) is 5.75 Å². The smallest absolute Gasteiger partial charge is 0.138 e. The first-order chi connectivity index (χ1) is 11.2. The summed E-state index contributed by atoms with van der Waals surface area (Å²) in [6, 6.07) is 7.07. The maximum Gasteiger partial charge on any atom is 0.138 e. The monoisotopic (exact) mass is 308 g/mol. The third-order valence-electron chi connectivity index (χ3n) is 3.70. The zero-order chi connectivity index (χ0) is 16.2. The molecule has 0 fully saturated rings. The van der Waals surface area contributed by atoms with E-state index in [9.17, 15) is 5.11 Å². The Bertz CT molecular complexity index is 825. The van der Waals surface area contributed by atoms with E-state index in [-0.39, 0.29) is 11.8 Å². The summed E-state index contributed by atoms with van der Waals surface area (Å²) in [5.74, 6) is 1.01. The fourth-order valence-corrected chi connectivity index (χ4v) is 2.49. The third kappa shape index (κ3) is 3.38. The number of fused-ring (bicyclic) bond motifs is 1. The predicted molar refractivity (Wildman–Crippen MR) is 92.7 cm³/mol. The molecule has 1 atom stereocenters. The average molecular weight is 308 g/mol. The predicted octanol–water partition coefficient (Wildman–Crippen LogP) is 4.25. The summed E-state index contributed by atoms with van der Waals surface area (Å²) >= 11 is 0. The number of furan rings is 1. The SMILES string of the molecule is C\C=C/C(/C=C/C1=CC(c2cc3ccc(O)cc3o2)NN1)=C\C. The number of hydrogen-bond acceptors (Lipinski definition) is 4. The highest BCUT2D eigenvalue weighted by Gasteiger charge is 2.19. The van der Waals surface area contributed by atoms with Gasteiger partial charge in [-0.05, 0) is 49.8 Å². The summed E-state index contributed by atoms with van der Waals surface area (Å²) in [6.07, 6.45) is 12.3. The van der Waals surface area contributed by atoms with E-state index in [1.807, 2.05) is 38.1 Å². The van der Waals surface area contributed by atoms with E-state index in [0.29, 0.717) is 5.58 Å². The number of hydrogen-bond donors (Lipinski definition) is 3. The van der Waals surface area contributed by atoms with E-state index in [0.717, 1.165) is 22.4 Å². The Labute approximate surface area is 135 Å². The largest absolute Gasteiger partial charge is 0.508 e. The van der Waals surface area contributed by atoms with Gasteiger partial charge in [-0.3, -0.25) is 0 Å². The Hall–Kier alpha value is -2.72. The lowest BCUT2D eigenvalue weighted by Crippen LogP contribution is -2.26.